The Morgan fingerprint density at radius 2 is 1.87 bits per heavy atom. The topological polar surface area (TPSA) is 62.2 Å². The van der Waals surface area contributed by atoms with E-state index in [1.165, 1.54) is 16.0 Å². The quantitative estimate of drug-likeness (QED) is 0.735. The van der Waals surface area contributed by atoms with E-state index in [1.807, 2.05) is 24.3 Å². The highest BCUT2D eigenvalue weighted by Gasteiger charge is 2.37. The Bertz CT molecular complexity index is 985. The van der Waals surface area contributed by atoms with Gasteiger partial charge in [-0.15, -0.1) is 0 Å². The normalized spacial score (nSPS) is 18.2. The van der Waals surface area contributed by atoms with Crippen molar-refractivity contribution in [1.29, 1.82) is 0 Å². The van der Waals surface area contributed by atoms with Crippen molar-refractivity contribution in [3.8, 4) is 5.75 Å². The molecule has 2 aliphatic rings. The van der Waals surface area contributed by atoms with E-state index in [1.54, 1.807) is 32.4 Å². The number of hydrazone groups is 1. The van der Waals surface area contributed by atoms with Crippen molar-refractivity contribution in [2.45, 2.75) is 25.3 Å². The monoisotopic (exact) mass is 409 g/mol. The predicted molar refractivity (Wildman–Crippen MR) is 110 cm³/mol. The van der Waals surface area contributed by atoms with E-state index in [4.69, 9.17) is 4.74 Å². The molecule has 0 unspecified atom stereocenters. The van der Waals surface area contributed by atoms with Crippen molar-refractivity contribution in [3.05, 3.63) is 65.5 Å². The minimum Gasteiger partial charge on any atom is -0.497 e. The summed E-state index contributed by atoms with van der Waals surface area (Å²) in [6.07, 6.45) is 2.15. The number of nitrogens with zero attached hydrogens (tertiary/aromatic N) is 3. The van der Waals surface area contributed by atoms with E-state index < -0.39 is 0 Å². The van der Waals surface area contributed by atoms with Gasteiger partial charge in [0.25, 0.3) is 5.91 Å². The number of halogens is 1. The summed E-state index contributed by atoms with van der Waals surface area (Å²) >= 11 is 0. The van der Waals surface area contributed by atoms with E-state index in [-0.39, 0.29) is 36.1 Å². The van der Waals surface area contributed by atoms with Gasteiger partial charge in [-0.05, 0) is 36.6 Å². The van der Waals surface area contributed by atoms with Crippen molar-refractivity contribution in [2.24, 2.45) is 11.0 Å². The smallest absolute Gasteiger partial charge is 0.262 e. The molecule has 156 valence electrons. The summed E-state index contributed by atoms with van der Waals surface area (Å²) in [6, 6.07) is 13.4. The Morgan fingerprint density at radius 1 is 1.17 bits per heavy atom. The van der Waals surface area contributed by atoms with Gasteiger partial charge in [-0.3, -0.25) is 9.59 Å². The van der Waals surface area contributed by atoms with Crippen LogP contribution in [-0.4, -0.2) is 48.1 Å². The molecular weight excluding hydrogens is 385 g/mol. The molecule has 0 radical (unpaired) electrons. The number of methoxy groups -OCH3 is 1. The predicted octanol–water partition coefficient (Wildman–Crippen LogP) is 3.38. The van der Waals surface area contributed by atoms with Crippen molar-refractivity contribution < 1.29 is 18.7 Å². The SMILES string of the molecule is COc1ccc([C@@H]2CC(c3ccccc3F)=NN2C(=O)CN(C)C(=O)C2CC2)cc1. The Labute approximate surface area is 174 Å². The van der Waals surface area contributed by atoms with Gasteiger partial charge in [-0.25, -0.2) is 9.40 Å². The molecule has 1 aliphatic carbocycles. The maximum atomic E-state index is 14.4. The van der Waals surface area contributed by atoms with E-state index in [9.17, 15) is 14.0 Å². The van der Waals surface area contributed by atoms with Gasteiger partial charge in [0.1, 0.15) is 18.1 Å². The molecule has 1 atom stereocenters. The average Bonchev–Trinajstić information content (AvgIpc) is 3.51. The summed E-state index contributed by atoms with van der Waals surface area (Å²) in [5.41, 5.74) is 1.77. The number of amides is 2. The summed E-state index contributed by atoms with van der Waals surface area (Å²) in [5.74, 6) is 0.0661. The number of ether oxygens (including phenoxy) is 1. The molecule has 7 heteroatoms. The lowest BCUT2D eigenvalue weighted by Crippen LogP contribution is -2.39. The van der Waals surface area contributed by atoms with Gasteiger partial charge in [-0.1, -0.05) is 30.3 Å². The molecule has 1 saturated carbocycles. The largest absolute Gasteiger partial charge is 0.497 e. The van der Waals surface area contributed by atoms with Crippen LogP contribution in [0.2, 0.25) is 0 Å². The van der Waals surface area contributed by atoms with Gasteiger partial charge in [-0.2, -0.15) is 5.10 Å². The number of carbonyl (C=O) groups excluding carboxylic acids is 2. The molecule has 2 aromatic rings. The lowest BCUT2D eigenvalue weighted by atomic mass is 9.98. The maximum Gasteiger partial charge on any atom is 0.262 e. The van der Waals surface area contributed by atoms with Crippen LogP contribution < -0.4 is 4.74 Å². The van der Waals surface area contributed by atoms with Crippen molar-refractivity contribution >= 4 is 17.5 Å². The minimum atomic E-state index is -0.375. The van der Waals surface area contributed by atoms with Crippen LogP contribution in [0.15, 0.2) is 53.6 Å². The highest BCUT2D eigenvalue weighted by molar-refractivity contribution is 6.03. The van der Waals surface area contributed by atoms with E-state index in [0.29, 0.717) is 23.4 Å². The second-order valence-corrected chi connectivity index (χ2v) is 7.73. The molecule has 0 aromatic heterocycles. The Balaban J connectivity index is 1.61. The lowest BCUT2D eigenvalue weighted by molar-refractivity contribution is -0.141. The molecule has 2 amide bonds. The molecule has 0 bridgehead atoms. The molecule has 1 heterocycles. The molecule has 0 N–H and O–H groups in total. The second kappa shape index (κ2) is 8.26. The fraction of sp³-hybridized carbons (Fsp3) is 0.348. The number of benzene rings is 2. The number of rotatable bonds is 6. The van der Waals surface area contributed by atoms with Gasteiger partial charge >= 0.3 is 0 Å². The van der Waals surface area contributed by atoms with Gasteiger partial charge in [0.05, 0.1) is 18.9 Å². The first kappa shape index (κ1) is 20.1. The number of likely N-dealkylation sites (N-methyl/N-ethyl adjacent to an activating group) is 1. The van der Waals surface area contributed by atoms with E-state index >= 15 is 0 Å². The molecule has 2 aromatic carbocycles. The highest BCUT2D eigenvalue weighted by Crippen LogP contribution is 2.35. The zero-order chi connectivity index (χ0) is 21.3. The fourth-order valence-electron chi connectivity index (χ4n) is 3.68. The van der Waals surface area contributed by atoms with Crippen LogP contribution in [-0.2, 0) is 9.59 Å². The molecule has 6 nitrogen and oxygen atoms in total. The van der Waals surface area contributed by atoms with Crippen LogP contribution in [0.3, 0.4) is 0 Å². The lowest BCUT2D eigenvalue weighted by Gasteiger charge is -2.25. The van der Waals surface area contributed by atoms with Crippen LogP contribution in [0.4, 0.5) is 4.39 Å². The molecule has 0 saturated heterocycles. The summed E-state index contributed by atoms with van der Waals surface area (Å²) < 4.78 is 19.6. The van der Waals surface area contributed by atoms with Gasteiger partial charge in [0.15, 0.2) is 0 Å². The van der Waals surface area contributed by atoms with Crippen molar-refractivity contribution in [2.75, 3.05) is 20.7 Å². The minimum absolute atomic E-state index is 0.0122. The Morgan fingerprint density at radius 3 is 2.50 bits per heavy atom. The third kappa shape index (κ3) is 4.06. The Kier molecular flexibility index (Phi) is 5.53. The third-order valence-electron chi connectivity index (χ3n) is 5.53. The molecular formula is C23H24FN3O3. The van der Waals surface area contributed by atoms with E-state index in [0.717, 1.165) is 18.4 Å². The maximum absolute atomic E-state index is 14.4. The number of hydrogen-bond donors (Lipinski definition) is 0. The molecule has 30 heavy (non-hydrogen) atoms. The van der Waals surface area contributed by atoms with Crippen LogP contribution in [0.25, 0.3) is 0 Å². The third-order valence-corrected chi connectivity index (χ3v) is 5.53. The molecule has 1 aliphatic heterocycles. The number of carbonyl (C=O) groups is 2. The zero-order valence-electron chi connectivity index (χ0n) is 17.0. The number of hydrogen-bond acceptors (Lipinski definition) is 4. The van der Waals surface area contributed by atoms with Gasteiger partial charge in [0.2, 0.25) is 5.91 Å². The fourth-order valence-corrected chi connectivity index (χ4v) is 3.68. The zero-order valence-corrected chi connectivity index (χ0v) is 17.0. The first-order valence-corrected chi connectivity index (χ1v) is 10.0. The van der Waals surface area contributed by atoms with E-state index in [2.05, 4.69) is 5.10 Å². The van der Waals surface area contributed by atoms with Crippen molar-refractivity contribution in [3.63, 3.8) is 0 Å². The molecule has 4 rings (SSSR count). The second-order valence-electron chi connectivity index (χ2n) is 7.73. The van der Waals surface area contributed by atoms with Crippen molar-refractivity contribution in [1.82, 2.24) is 9.91 Å². The first-order valence-electron chi connectivity index (χ1n) is 10.0. The van der Waals surface area contributed by atoms with Gasteiger partial charge < -0.3 is 9.64 Å². The van der Waals surface area contributed by atoms with Gasteiger partial charge in [0, 0.05) is 24.9 Å². The summed E-state index contributed by atoms with van der Waals surface area (Å²) in [4.78, 5) is 26.8. The summed E-state index contributed by atoms with van der Waals surface area (Å²) in [6.45, 7) is -0.0595. The standard InChI is InChI=1S/C23H24FN3O3/c1-26(23(29)16-7-8-16)14-22(28)27-21(15-9-11-17(30-2)12-10-15)13-20(25-27)18-5-3-4-6-19(18)24/h3-6,9-12,16,21H,7-8,13-14H2,1-2H3/t21-/m0/s1. The van der Waals surface area contributed by atoms with Crippen LogP contribution in [0, 0.1) is 11.7 Å². The Hall–Kier alpha value is -3.22. The first-order chi connectivity index (χ1) is 14.5. The molecule has 1 fully saturated rings. The van der Waals surface area contributed by atoms with Crippen LogP contribution >= 0.6 is 0 Å². The summed E-state index contributed by atoms with van der Waals surface area (Å²) in [5, 5.41) is 5.87. The summed E-state index contributed by atoms with van der Waals surface area (Å²) in [7, 11) is 3.23. The molecule has 0 spiro atoms. The van der Waals surface area contributed by atoms with Crippen LogP contribution in [0.1, 0.15) is 36.4 Å². The highest BCUT2D eigenvalue weighted by atomic mass is 19.1. The van der Waals surface area contributed by atoms with Crippen LogP contribution in [0.5, 0.6) is 5.75 Å². The average molecular weight is 409 g/mol.